The molecule has 22 heteroatoms. The normalized spacial score (nSPS) is 53.3. The highest BCUT2D eigenvalue weighted by atomic mass is 16.8. The van der Waals surface area contributed by atoms with E-state index in [4.69, 9.17) is 47.4 Å². The molecule has 316 valence electrons. The van der Waals surface area contributed by atoms with E-state index in [2.05, 4.69) is 0 Å². The number of rotatable bonds is 12. The number of hydrogen-bond donors (Lipinski definition) is 12. The van der Waals surface area contributed by atoms with E-state index in [1.807, 2.05) is 6.92 Å². The third-order valence-corrected chi connectivity index (χ3v) is 10.7. The van der Waals surface area contributed by atoms with Crippen LogP contribution in [0.3, 0.4) is 0 Å². The van der Waals surface area contributed by atoms with Gasteiger partial charge in [0.25, 0.3) is 0 Å². The Balaban J connectivity index is 1.40. The van der Waals surface area contributed by atoms with Crippen molar-refractivity contribution in [3.63, 3.8) is 0 Å². The molecular formula is C32H56O22. The number of hydrogen-bond acceptors (Lipinski definition) is 22. The lowest BCUT2D eigenvalue weighted by molar-refractivity contribution is -0.404. The quantitative estimate of drug-likeness (QED) is 0.0873. The third kappa shape index (κ3) is 9.05. The maximum atomic E-state index is 11.4. The molecule has 0 aliphatic carbocycles. The summed E-state index contributed by atoms with van der Waals surface area (Å²) in [6, 6.07) is 0. The average Bonchev–Trinajstić information content (AvgIpc) is 3.14. The third-order valence-electron chi connectivity index (χ3n) is 10.7. The maximum Gasteiger partial charge on any atom is 0.187 e. The van der Waals surface area contributed by atoms with Gasteiger partial charge in [0.2, 0.25) is 0 Å². The zero-order valence-electron chi connectivity index (χ0n) is 30.1. The Morgan fingerprint density at radius 3 is 1.50 bits per heavy atom. The van der Waals surface area contributed by atoms with Crippen molar-refractivity contribution >= 4 is 0 Å². The van der Waals surface area contributed by atoms with Crippen molar-refractivity contribution in [3.8, 4) is 0 Å². The van der Waals surface area contributed by atoms with Gasteiger partial charge in [-0.15, -0.1) is 0 Å². The largest absolute Gasteiger partial charge is 0.394 e. The monoisotopic (exact) mass is 792 g/mol. The summed E-state index contributed by atoms with van der Waals surface area (Å²) in [7, 11) is 1.21. The van der Waals surface area contributed by atoms with Crippen LogP contribution in [-0.4, -0.2) is 230 Å². The molecule has 0 spiro atoms. The fourth-order valence-electron chi connectivity index (χ4n) is 7.21. The van der Waals surface area contributed by atoms with Gasteiger partial charge in [0.1, 0.15) is 97.7 Å². The molecule has 5 fully saturated rings. The molecule has 0 aromatic carbocycles. The van der Waals surface area contributed by atoms with E-state index in [1.54, 1.807) is 6.92 Å². The number of aliphatic hydroxyl groups is 12. The zero-order valence-corrected chi connectivity index (χ0v) is 30.1. The van der Waals surface area contributed by atoms with Gasteiger partial charge < -0.3 is 109 Å². The van der Waals surface area contributed by atoms with Crippen molar-refractivity contribution in [3.05, 3.63) is 0 Å². The van der Waals surface area contributed by atoms with Gasteiger partial charge in [0.05, 0.1) is 32.0 Å². The molecule has 0 saturated carbocycles. The molecule has 54 heavy (non-hydrogen) atoms. The van der Waals surface area contributed by atoms with Crippen molar-refractivity contribution < 1.29 is 109 Å². The summed E-state index contributed by atoms with van der Waals surface area (Å²) in [6.45, 7) is 2.69. The molecule has 12 N–H and O–H groups in total. The predicted octanol–water partition coefficient (Wildman–Crippen LogP) is -6.91. The highest BCUT2D eigenvalue weighted by molar-refractivity contribution is 4.98. The summed E-state index contributed by atoms with van der Waals surface area (Å²) in [5.74, 6) is -0.0779. The first-order chi connectivity index (χ1) is 25.6. The van der Waals surface area contributed by atoms with E-state index in [0.29, 0.717) is 0 Å². The van der Waals surface area contributed by atoms with Crippen LogP contribution in [0.4, 0.5) is 0 Å². The molecule has 0 amide bonds. The van der Waals surface area contributed by atoms with E-state index >= 15 is 0 Å². The molecule has 5 aliphatic heterocycles. The first-order valence-electron chi connectivity index (χ1n) is 17.9. The standard InChI is InChI=1S/C32H56O22/c1-9-5-12(36)28(46-10(9)2)53-26-18(39)15(8-35)50-32(27(26)54-31-21(42)19(40)16(37)13(6-33)49-31)51-24-11(3)47-30(22(43)20(24)41)52-25-17(38)14(7-34)48-29(45-4)23(25)44/h9-44H,5-8H2,1-4H3/t9-,10-,11+,12-,13-,14-,15-,16+,17+,18-,19+,20+,21-,22-,23-,24+,25+,26+,27+,28-,29-,30+,31-,32-/m1/s1. The van der Waals surface area contributed by atoms with Crippen molar-refractivity contribution in [2.45, 2.75) is 169 Å². The Morgan fingerprint density at radius 1 is 0.426 bits per heavy atom. The van der Waals surface area contributed by atoms with Crippen molar-refractivity contribution in [2.75, 3.05) is 26.9 Å². The van der Waals surface area contributed by atoms with Gasteiger partial charge in [-0.2, -0.15) is 0 Å². The molecule has 24 atom stereocenters. The molecule has 22 nitrogen and oxygen atoms in total. The number of aliphatic hydroxyl groups excluding tert-OH is 12. The minimum absolute atomic E-state index is 0.0779. The van der Waals surface area contributed by atoms with Crippen LogP contribution >= 0.6 is 0 Å². The lowest BCUT2D eigenvalue weighted by atomic mass is 9.94. The second-order valence-corrected chi connectivity index (χ2v) is 14.4. The Bertz CT molecular complexity index is 1140. The Labute approximate surface area is 310 Å². The van der Waals surface area contributed by atoms with E-state index in [9.17, 15) is 61.3 Å². The second-order valence-electron chi connectivity index (χ2n) is 14.4. The Morgan fingerprint density at radius 2 is 0.889 bits per heavy atom. The second kappa shape index (κ2) is 18.8. The SMILES string of the molecule is CO[C@@H]1O[C@H](CO)[C@H](O)[C@H](O[C@@H]2O[C@@H](C)[C@H](O[C@H]3O[C@H](CO)[C@@H](O)[C@H](O[C@H]4O[C@H](C)[C@H](C)C[C@H]4O)[C@@H]3O[C@H]3O[C@H](CO)[C@H](O)[C@H](O)[C@H]3O)[C@@H](O)[C@H]2O)[C@H]1O. The van der Waals surface area contributed by atoms with Crippen LogP contribution in [0.25, 0.3) is 0 Å². The van der Waals surface area contributed by atoms with E-state index < -0.39 is 161 Å². The minimum Gasteiger partial charge on any atom is -0.394 e. The highest BCUT2D eigenvalue weighted by Crippen LogP contribution is 2.37. The Hall–Kier alpha value is -0.880. The molecule has 0 radical (unpaired) electrons. The van der Waals surface area contributed by atoms with Crippen molar-refractivity contribution in [1.82, 2.24) is 0 Å². The van der Waals surface area contributed by atoms with E-state index in [-0.39, 0.29) is 12.3 Å². The summed E-state index contributed by atoms with van der Waals surface area (Å²) in [4.78, 5) is 0. The summed E-state index contributed by atoms with van der Waals surface area (Å²) >= 11 is 0. The first-order valence-corrected chi connectivity index (χ1v) is 17.9. The summed E-state index contributed by atoms with van der Waals surface area (Å²) < 4.78 is 57.4. The zero-order chi connectivity index (χ0) is 39.8. The average molecular weight is 793 g/mol. The van der Waals surface area contributed by atoms with Gasteiger partial charge in [-0.05, 0) is 26.2 Å². The van der Waals surface area contributed by atoms with Gasteiger partial charge in [0, 0.05) is 7.11 Å². The van der Waals surface area contributed by atoms with Crippen molar-refractivity contribution in [2.24, 2.45) is 5.92 Å². The summed E-state index contributed by atoms with van der Waals surface area (Å²) in [5.41, 5.74) is 0. The van der Waals surface area contributed by atoms with Gasteiger partial charge in [-0.3, -0.25) is 0 Å². The summed E-state index contributed by atoms with van der Waals surface area (Å²) in [6.07, 6.45) is -35.5. The minimum atomic E-state index is -1.95. The summed E-state index contributed by atoms with van der Waals surface area (Å²) in [5, 5.41) is 127. The van der Waals surface area contributed by atoms with Crippen LogP contribution in [0.5, 0.6) is 0 Å². The Kier molecular flexibility index (Phi) is 15.4. The smallest absolute Gasteiger partial charge is 0.187 e. The van der Waals surface area contributed by atoms with Crippen LogP contribution < -0.4 is 0 Å². The molecule has 0 aromatic rings. The molecule has 5 aliphatic rings. The molecular weight excluding hydrogens is 736 g/mol. The molecule has 0 unspecified atom stereocenters. The first kappa shape index (κ1) is 44.2. The number of methoxy groups -OCH3 is 1. The fourth-order valence-corrected chi connectivity index (χ4v) is 7.21. The van der Waals surface area contributed by atoms with E-state index in [1.165, 1.54) is 14.0 Å². The van der Waals surface area contributed by atoms with Gasteiger partial charge in [0.15, 0.2) is 31.5 Å². The highest BCUT2D eigenvalue weighted by Gasteiger charge is 2.56. The molecule has 5 heterocycles. The molecule has 0 bridgehead atoms. The predicted molar refractivity (Wildman–Crippen MR) is 170 cm³/mol. The molecule has 5 saturated heterocycles. The van der Waals surface area contributed by atoms with E-state index in [0.717, 1.165) is 0 Å². The fraction of sp³-hybridized carbons (Fsp3) is 1.00. The van der Waals surface area contributed by atoms with Crippen LogP contribution in [-0.2, 0) is 47.4 Å². The van der Waals surface area contributed by atoms with Crippen LogP contribution in [0.2, 0.25) is 0 Å². The topological polar surface area (TPSA) is 335 Å². The molecule has 5 rings (SSSR count). The maximum absolute atomic E-state index is 11.4. The van der Waals surface area contributed by atoms with Gasteiger partial charge >= 0.3 is 0 Å². The number of ether oxygens (including phenoxy) is 10. The lowest BCUT2D eigenvalue weighted by Gasteiger charge is -2.50. The van der Waals surface area contributed by atoms with Gasteiger partial charge in [-0.25, -0.2) is 0 Å². The van der Waals surface area contributed by atoms with Gasteiger partial charge in [-0.1, -0.05) is 6.92 Å². The van der Waals surface area contributed by atoms with Crippen molar-refractivity contribution in [1.29, 1.82) is 0 Å². The lowest BCUT2D eigenvalue weighted by Crippen LogP contribution is -2.68. The van der Waals surface area contributed by atoms with Crippen LogP contribution in [0.15, 0.2) is 0 Å². The van der Waals surface area contributed by atoms with Crippen LogP contribution in [0, 0.1) is 5.92 Å². The molecule has 0 aromatic heterocycles. The van der Waals surface area contributed by atoms with Crippen LogP contribution in [0.1, 0.15) is 27.2 Å².